The van der Waals surface area contributed by atoms with Crippen molar-refractivity contribution < 1.29 is 13.6 Å². The Bertz CT molecular complexity index is 614. The lowest BCUT2D eigenvalue weighted by Crippen LogP contribution is -2.39. The highest BCUT2D eigenvalue weighted by Crippen LogP contribution is 2.31. The summed E-state index contributed by atoms with van der Waals surface area (Å²) in [6.45, 7) is 2.31. The van der Waals surface area contributed by atoms with E-state index in [4.69, 9.17) is 14.6 Å². The standard InChI is InChI=1S/C15H19N3O3/c1-9-12(18-15(21-9)13-3-2-6-20-13)7-14(19)17-8-11(16)10-4-5-10/h2-3,6,10-11H,4-5,7-8,16H2,1H3,(H,17,19). The van der Waals surface area contributed by atoms with Crippen molar-refractivity contribution in [2.45, 2.75) is 32.2 Å². The molecule has 2 aromatic rings. The summed E-state index contributed by atoms with van der Waals surface area (Å²) in [4.78, 5) is 16.3. The van der Waals surface area contributed by atoms with E-state index in [9.17, 15) is 4.79 Å². The number of aromatic nitrogens is 1. The second kappa shape index (κ2) is 5.73. The highest BCUT2D eigenvalue weighted by molar-refractivity contribution is 5.78. The normalized spacial score (nSPS) is 15.9. The van der Waals surface area contributed by atoms with E-state index in [-0.39, 0.29) is 18.4 Å². The minimum atomic E-state index is -0.0894. The van der Waals surface area contributed by atoms with Crippen LogP contribution in [-0.2, 0) is 11.2 Å². The lowest BCUT2D eigenvalue weighted by atomic mass is 10.2. The highest BCUT2D eigenvalue weighted by atomic mass is 16.4. The number of nitrogens with two attached hydrogens (primary N) is 1. The van der Waals surface area contributed by atoms with Crippen molar-refractivity contribution in [3.63, 3.8) is 0 Å². The van der Waals surface area contributed by atoms with E-state index in [1.165, 1.54) is 12.8 Å². The van der Waals surface area contributed by atoms with Gasteiger partial charge in [0.1, 0.15) is 5.76 Å². The summed E-state index contributed by atoms with van der Waals surface area (Å²) in [5, 5.41) is 2.85. The molecule has 3 N–H and O–H groups in total. The van der Waals surface area contributed by atoms with Gasteiger partial charge in [-0.25, -0.2) is 4.98 Å². The topological polar surface area (TPSA) is 94.3 Å². The molecule has 6 heteroatoms. The minimum absolute atomic E-state index is 0.0611. The van der Waals surface area contributed by atoms with Crippen LogP contribution in [0.15, 0.2) is 27.2 Å². The van der Waals surface area contributed by atoms with E-state index in [0.717, 1.165) is 0 Å². The van der Waals surface area contributed by atoms with Gasteiger partial charge in [0, 0.05) is 12.6 Å². The fourth-order valence-electron chi connectivity index (χ4n) is 2.23. The number of nitrogens with one attached hydrogen (secondary N) is 1. The zero-order valence-corrected chi connectivity index (χ0v) is 12.0. The molecule has 1 amide bonds. The van der Waals surface area contributed by atoms with Crippen molar-refractivity contribution in [3.8, 4) is 11.7 Å². The predicted octanol–water partition coefficient (Wildman–Crippen LogP) is 1.64. The Morgan fingerprint density at radius 1 is 1.57 bits per heavy atom. The molecule has 0 spiro atoms. The second-order valence-electron chi connectivity index (χ2n) is 5.48. The maximum absolute atomic E-state index is 11.9. The first-order chi connectivity index (χ1) is 10.1. The van der Waals surface area contributed by atoms with Crippen LogP contribution in [-0.4, -0.2) is 23.5 Å². The number of furan rings is 1. The minimum Gasteiger partial charge on any atom is -0.459 e. The molecule has 2 aromatic heterocycles. The van der Waals surface area contributed by atoms with Crippen molar-refractivity contribution in [1.29, 1.82) is 0 Å². The SMILES string of the molecule is Cc1oc(-c2ccco2)nc1CC(=O)NCC(N)C1CC1. The summed E-state index contributed by atoms with van der Waals surface area (Å²) in [6.07, 6.45) is 4.09. The number of carbonyl (C=O) groups excluding carboxylic acids is 1. The molecule has 0 aliphatic heterocycles. The average molecular weight is 289 g/mol. The van der Waals surface area contributed by atoms with E-state index in [1.807, 2.05) is 0 Å². The highest BCUT2D eigenvalue weighted by Gasteiger charge is 2.28. The molecule has 1 aliphatic rings. The molecule has 1 saturated carbocycles. The fraction of sp³-hybridized carbons (Fsp3) is 0.467. The number of nitrogens with zero attached hydrogens (tertiary/aromatic N) is 1. The Hall–Kier alpha value is -2.08. The number of amides is 1. The fourth-order valence-corrected chi connectivity index (χ4v) is 2.23. The Kier molecular flexibility index (Phi) is 3.79. The zero-order valence-electron chi connectivity index (χ0n) is 12.0. The molecule has 1 unspecified atom stereocenters. The van der Waals surface area contributed by atoms with E-state index >= 15 is 0 Å². The molecule has 112 valence electrons. The predicted molar refractivity (Wildman–Crippen MR) is 76.4 cm³/mol. The van der Waals surface area contributed by atoms with Crippen LogP contribution < -0.4 is 11.1 Å². The third-order valence-corrected chi connectivity index (χ3v) is 3.72. The van der Waals surface area contributed by atoms with Gasteiger partial charge in [-0.2, -0.15) is 0 Å². The maximum Gasteiger partial charge on any atom is 0.263 e. The van der Waals surface area contributed by atoms with Crippen LogP contribution in [0.2, 0.25) is 0 Å². The molecule has 21 heavy (non-hydrogen) atoms. The average Bonchev–Trinajstić information content (AvgIpc) is 3.05. The molecule has 1 fully saturated rings. The third-order valence-electron chi connectivity index (χ3n) is 3.72. The van der Waals surface area contributed by atoms with Crippen molar-refractivity contribution in [3.05, 3.63) is 29.9 Å². The van der Waals surface area contributed by atoms with Crippen molar-refractivity contribution in [2.24, 2.45) is 11.7 Å². The molecule has 1 aliphatic carbocycles. The van der Waals surface area contributed by atoms with Gasteiger partial charge >= 0.3 is 0 Å². The maximum atomic E-state index is 11.9. The first kappa shape index (κ1) is 13.9. The molecular formula is C15H19N3O3. The van der Waals surface area contributed by atoms with Gasteiger partial charge in [-0.15, -0.1) is 0 Å². The lowest BCUT2D eigenvalue weighted by molar-refractivity contribution is -0.120. The Morgan fingerprint density at radius 3 is 3.05 bits per heavy atom. The van der Waals surface area contributed by atoms with E-state index in [2.05, 4.69) is 10.3 Å². The summed E-state index contributed by atoms with van der Waals surface area (Å²) >= 11 is 0. The lowest BCUT2D eigenvalue weighted by Gasteiger charge is -2.10. The number of hydrogen-bond donors (Lipinski definition) is 2. The number of oxazole rings is 1. The monoisotopic (exact) mass is 289 g/mol. The molecular weight excluding hydrogens is 270 g/mol. The van der Waals surface area contributed by atoms with Gasteiger partial charge in [0.25, 0.3) is 5.89 Å². The molecule has 6 nitrogen and oxygen atoms in total. The Labute approximate surface area is 122 Å². The van der Waals surface area contributed by atoms with Crippen LogP contribution in [0.4, 0.5) is 0 Å². The molecule has 1 atom stereocenters. The van der Waals surface area contributed by atoms with Crippen LogP contribution in [0, 0.1) is 12.8 Å². The smallest absolute Gasteiger partial charge is 0.263 e. The van der Waals surface area contributed by atoms with Gasteiger partial charge in [-0.05, 0) is 37.8 Å². The molecule has 0 bridgehead atoms. The summed E-state index contributed by atoms with van der Waals surface area (Å²) < 4.78 is 10.8. The largest absolute Gasteiger partial charge is 0.459 e. The number of rotatable bonds is 6. The Morgan fingerprint density at radius 2 is 2.38 bits per heavy atom. The zero-order chi connectivity index (χ0) is 14.8. The van der Waals surface area contributed by atoms with Crippen molar-refractivity contribution in [2.75, 3.05) is 6.54 Å². The van der Waals surface area contributed by atoms with Crippen LogP contribution in [0.25, 0.3) is 11.7 Å². The molecule has 0 saturated heterocycles. The van der Waals surface area contributed by atoms with Crippen LogP contribution >= 0.6 is 0 Å². The summed E-state index contributed by atoms with van der Waals surface area (Å²) in [7, 11) is 0. The number of aryl methyl sites for hydroxylation is 1. The quantitative estimate of drug-likeness (QED) is 0.843. The Balaban J connectivity index is 1.58. The third kappa shape index (κ3) is 3.33. The van der Waals surface area contributed by atoms with E-state index in [1.54, 1.807) is 25.3 Å². The molecule has 0 aromatic carbocycles. The van der Waals surface area contributed by atoms with Crippen molar-refractivity contribution >= 4 is 5.91 Å². The van der Waals surface area contributed by atoms with Crippen LogP contribution in [0.1, 0.15) is 24.3 Å². The van der Waals surface area contributed by atoms with E-state index < -0.39 is 0 Å². The van der Waals surface area contributed by atoms with Crippen molar-refractivity contribution in [1.82, 2.24) is 10.3 Å². The van der Waals surface area contributed by atoms with Gasteiger partial charge < -0.3 is 19.9 Å². The molecule has 2 heterocycles. The molecule has 0 radical (unpaired) electrons. The van der Waals surface area contributed by atoms with Gasteiger partial charge in [-0.3, -0.25) is 4.79 Å². The number of hydrogen-bond acceptors (Lipinski definition) is 5. The second-order valence-corrected chi connectivity index (χ2v) is 5.48. The first-order valence-corrected chi connectivity index (χ1v) is 7.16. The first-order valence-electron chi connectivity index (χ1n) is 7.16. The van der Waals surface area contributed by atoms with Gasteiger partial charge in [0.05, 0.1) is 18.4 Å². The van der Waals surface area contributed by atoms with Crippen LogP contribution in [0.3, 0.4) is 0 Å². The summed E-state index contributed by atoms with van der Waals surface area (Å²) in [6, 6.07) is 3.59. The summed E-state index contributed by atoms with van der Waals surface area (Å²) in [5.41, 5.74) is 6.58. The van der Waals surface area contributed by atoms with Crippen LogP contribution in [0.5, 0.6) is 0 Å². The van der Waals surface area contributed by atoms with E-state index in [0.29, 0.717) is 35.6 Å². The number of carbonyl (C=O) groups is 1. The summed E-state index contributed by atoms with van der Waals surface area (Å²) in [5.74, 6) is 2.07. The van der Waals surface area contributed by atoms with Gasteiger partial charge in [0.15, 0.2) is 5.76 Å². The van der Waals surface area contributed by atoms with Gasteiger partial charge in [-0.1, -0.05) is 0 Å². The van der Waals surface area contributed by atoms with Gasteiger partial charge in [0.2, 0.25) is 5.91 Å². The molecule has 3 rings (SSSR count).